The van der Waals surface area contributed by atoms with Crippen molar-refractivity contribution >= 4 is 0 Å². The molecule has 1 rings (SSSR count). The van der Waals surface area contributed by atoms with Crippen molar-refractivity contribution in [2.45, 2.75) is 0 Å². The predicted octanol–water partition coefficient (Wildman–Crippen LogP) is -0.195. The average Bonchev–Trinajstić information content (AvgIpc) is 1.76. The van der Waals surface area contributed by atoms with Crippen molar-refractivity contribution in [3.05, 3.63) is 12.4 Å². The number of rotatable bonds is 0. The van der Waals surface area contributed by atoms with Gasteiger partial charge in [0.05, 0.1) is 6.20 Å². The second-order valence-corrected chi connectivity index (χ2v) is 0.660. The van der Waals surface area contributed by atoms with Crippen LogP contribution >= 0.6 is 0 Å². The van der Waals surface area contributed by atoms with Gasteiger partial charge in [0.2, 0.25) is 0 Å². The van der Waals surface area contributed by atoms with Gasteiger partial charge in [-0.15, -0.1) is 5.10 Å². The van der Waals surface area contributed by atoms with Crippen LogP contribution in [-0.2, 0) is 0 Å². The molecule has 1 aromatic rings. The zero-order valence-electron chi connectivity index (χ0n) is 2.84. The molecule has 0 bridgehead atoms. The van der Waals surface area contributed by atoms with E-state index < -0.39 is 0 Å². The first-order chi connectivity index (χ1) is 2.50. The topological polar surface area (TPSA) is 41.6 Å². The molecule has 1 aromatic heterocycles. The van der Waals surface area contributed by atoms with Crippen molar-refractivity contribution in [2.24, 2.45) is 0 Å². The Balaban J connectivity index is 0.000000250. The molecule has 0 saturated carbocycles. The van der Waals surface area contributed by atoms with E-state index in [1.807, 2.05) is 0 Å². The molecule has 0 spiro atoms. The third-order valence-electron chi connectivity index (χ3n) is 0.331. The van der Waals surface area contributed by atoms with Crippen LogP contribution in [0.4, 0.5) is 0 Å². The Bertz CT molecular complexity index is 65.3. The van der Waals surface area contributed by atoms with Gasteiger partial charge in [-0.2, -0.15) is 0 Å². The number of H-pyrrole nitrogens is 1. The minimum atomic E-state index is 0. The van der Waals surface area contributed by atoms with E-state index in [0.717, 1.165) is 0 Å². The van der Waals surface area contributed by atoms with E-state index in [4.69, 9.17) is 0 Å². The van der Waals surface area contributed by atoms with Crippen molar-refractivity contribution in [1.29, 1.82) is 0 Å². The van der Waals surface area contributed by atoms with Crippen molar-refractivity contribution in [3.8, 4) is 0 Å². The van der Waals surface area contributed by atoms with Crippen LogP contribution in [0.5, 0.6) is 0 Å². The molecule has 0 atom stereocenters. The minimum absolute atomic E-state index is 0. The van der Waals surface area contributed by atoms with E-state index in [1.165, 1.54) is 0 Å². The fraction of sp³-hybridized carbons (Fsp3) is 0. The summed E-state index contributed by atoms with van der Waals surface area (Å²) >= 11 is 0. The Morgan fingerprint density at radius 2 is 2.33 bits per heavy atom. The molecule has 1 N–H and O–H groups in total. The van der Waals surface area contributed by atoms with Gasteiger partial charge in [-0.1, -0.05) is 5.21 Å². The smallest absolute Gasteiger partial charge is 0.0690 e. The van der Waals surface area contributed by atoms with Crippen LogP contribution in [0, 0.1) is 37.3 Å². The molecule has 0 aliphatic rings. The standard InChI is InChI=1S/C2H3N3.Er/c1-2-4-5-3-1;/h1-2H,(H,3,4,5);. The number of hydrogen-bond donors (Lipinski definition) is 1. The van der Waals surface area contributed by atoms with E-state index >= 15 is 0 Å². The third-order valence-corrected chi connectivity index (χ3v) is 0.331. The first kappa shape index (κ1) is 6.39. The van der Waals surface area contributed by atoms with Crippen LogP contribution < -0.4 is 0 Å². The van der Waals surface area contributed by atoms with E-state index in [1.54, 1.807) is 12.4 Å². The Morgan fingerprint density at radius 1 is 1.50 bits per heavy atom. The summed E-state index contributed by atoms with van der Waals surface area (Å²) in [7, 11) is 0. The van der Waals surface area contributed by atoms with Crippen LogP contribution in [-0.4, -0.2) is 15.4 Å². The summed E-state index contributed by atoms with van der Waals surface area (Å²) in [5.41, 5.74) is 0. The Labute approximate surface area is 64.7 Å². The van der Waals surface area contributed by atoms with Crippen LogP contribution in [0.15, 0.2) is 12.4 Å². The molecule has 0 amide bonds. The fourth-order valence-electron chi connectivity index (χ4n) is 0.167. The molecule has 0 fully saturated rings. The molecule has 0 unspecified atom stereocenters. The van der Waals surface area contributed by atoms with Crippen LogP contribution in [0.2, 0.25) is 0 Å². The van der Waals surface area contributed by atoms with Gasteiger partial charge in [-0.3, -0.25) is 5.10 Å². The SMILES string of the molecule is [Er].c1c[nH]nn1. The van der Waals surface area contributed by atoms with Crippen LogP contribution in [0.25, 0.3) is 0 Å². The molecule has 38 valence electrons. The maximum atomic E-state index is 3.42. The second kappa shape index (κ2) is 3.57. The van der Waals surface area contributed by atoms with E-state index in [2.05, 4.69) is 15.4 Å². The van der Waals surface area contributed by atoms with Gasteiger partial charge in [-0.05, 0) is 0 Å². The Kier molecular flexibility index (Phi) is 3.80. The van der Waals surface area contributed by atoms with Crippen molar-refractivity contribution < 1.29 is 37.3 Å². The molecule has 0 radical (unpaired) electrons. The summed E-state index contributed by atoms with van der Waals surface area (Å²) in [4.78, 5) is 0. The Hall–Kier alpha value is 0.387. The van der Waals surface area contributed by atoms with E-state index in [0.29, 0.717) is 0 Å². The van der Waals surface area contributed by atoms with Crippen LogP contribution in [0.3, 0.4) is 0 Å². The molecule has 6 heavy (non-hydrogen) atoms. The molecule has 4 heteroatoms. The summed E-state index contributed by atoms with van der Waals surface area (Å²) in [5.74, 6) is 0. The molecule has 0 aromatic carbocycles. The molecule has 1 heterocycles. The van der Waals surface area contributed by atoms with Gasteiger partial charge in [0.15, 0.2) is 0 Å². The van der Waals surface area contributed by atoms with Gasteiger partial charge < -0.3 is 0 Å². The first-order valence-corrected chi connectivity index (χ1v) is 1.30. The van der Waals surface area contributed by atoms with Crippen molar-refractivity contribution in [3.63, 3.8) is 0 Å². The number of nitrogens with one attached hydrogen (secondary N) is 1. The Morgan fingerprint density at radius 3 is 2.50 bits per heavy atom. The summed E-state index contributed by atoms with van der Waals surface area (Å²) in [5, 5.41) is 9.26. The number of nitrogens with zero attached hydrogens (tertiary/aromatic N) is 2. The first-order valence-electron chi connectivity index (χ1n) is 1.30. The zero-order chi connectivity index (χ0) is 3.54. The summed E-state index contributed by atoms with van der Waals surface area (Å²) < 4.78 is 0. The van der Waals surface area contributed by atoms with Crippen molar-refractivity contribution in [1.82, 2.24) is 15.4 Å². The molecular formula is C2H3ErN3. The average molecular weight is 236 g/mol. The molecular weight excluding hydrogens is 233 g/mol. The van der Waals surface area contributed by atoms with Crippen molar-refractivity contribution in [2.75, 3.05) is 0 Å². The monoisotopic (exact) mass is 235 g/mol. The molecule has 0 aliphatic carbocycles. The van der Waals surface area contributed by atoms with Gasteiger partial charge in [-0.25, -0.2) is 0 Å². The second-order valence-electron chi connectivity index (χ2n) is 0.660. The minimum Gasteiger partial charge on any atom is -0.266 e. The predicted molar refractivity (Wildman–Crippen MR) is 16.4 cm³/mol. The van der Waals surface area contributed by atoms with Gasteiger partial charge in [0, 0.05) is 43.5 Å². The molecule has 0 saturated heterocycles. The summed E-state index contributed by atoms with van der Waals surface area (Å²) in [6.07, 6.45) is 3.24. The van der Waals surface area contributed by atoms with Gasteiger partial charge in [0.1, 0.15) is 0 Å². The normalized spacial score (nSPS) is 6.67. The van der Waals surface area contributed by atoms with Gasteiger partial charge >= 0.3 is 0 Å². The maximum absolute atomic E-state index is 3.42. The van der Waals surface area contributed by atoms with Gasteiger partial charge in [0.25, 0.3) is 0 Å². The quantitative estimate of drug-likeness (QED) is 0.678. The molecule has 3 nitrogen and oxygen atoms in total. The summed E-state index contributed by atoms with van der Waals surface area (Å²) in [6.45, 7) is 0. The number of hydrogen-bond acceptors (Lipinski definition) is 2. The largest absolute Gasteiger partial charge is 0.266 e. The fourth-order valence-corrected chi connectivity index (χ4v) is 0.167. The van der Waals surface area contributed by atoms with Crippen LogP contribution in [0.1, 0.15) is 0 Å². The third kappa shape index (κ3) is 1.73. The van der Waals surface area contributed by atoms with E-state index in [-0.39, 0.29) is 37.3 Å². The van der Waals surface area contributed by atoms with E-state index in [9.17, 15) is 0 Å². The maximum Gasteiger partial charge on any atom is 0.0690 e. The number of aromatic nitrogens is 3. The number of aromatic amines is 1. The summed E-state index contributed by atoms with van der Waals surface area (Å²) in [6, 6.07) is 0. The zero-order valence-corrected chi connectivity index (χ0v) is 4.69. The molecule has 0 aliphatic heterocycles.